The summed E-state index contributed by atoms with van der Waals surface area (Å²) in [7, 11) is 1.45. The van der Waals surface area contributed by atoms with Gasteiger partial charge in [-0.3, -0.25) is 19.3 Å². The number of imide groups is 1. The van der Waals surface area contributed by atoms with Gasteiger partial charge in [0.1, 0.15) is 5.75 Å². The molecule has 1 aromatic rings. The summed E-state index contributed by atoms with van der Waals surface area (Å²) >= 11 is 0. The predicted molar refractivity (Wildman–Crippen MR) is 73.1 cm³/mol. The molecule has 0 saturated heterocycles. The molecule has 3 amide bonds. The molecule has 1 rings (SSSR count). The summed E-state index contributed by atoms with van der Waals surface area (Å²) < 4.78 is 5.05. The van der Waals surface area contributed by atoms with Crippen molar-refractivity contribution in [1.82, 2.24) is 4.90 Å². The summed E-state index contributed by atoms with van der Waals surface area (Å²) in [4.78, 5) is 35.8. The minimum atomic E-state index is -0.950. The quantitative estimate of drug-likeness (QED) is 0.753. The van der Waals surface area contributed by atoms with Gasteiger partial charge in [0.05, 0.1) is 12.8 Å². The van der Waals surface area contributed by atoms with Crippen molar-refractivity contribution in [2.45, 2.75) is 6.92 Å². The fourth-order valence-electron chi connectivity index (χ4n) is 1.58. The van der Waals surface area contributed by atoms with Crippen molar-refractivity contribution in [3.63, 3.8) is 0 Å². The zero-order valence-corrected chi connectivity index (χ0v) is 11.4. The Morgan fingerprint density at radius 3 is 2.50 bits per heavy atom. The number of para-hydroxylation sites is 2. The Morgan fingerprint density at radius 2 is 1.95 bits per heavy atom. The summed E-state index contributed by atoms with van der Waals surface area (Å²) in [6, 6.07) is 6.64. The number of carbonyl (C=O) groups excluding carboxylic acids is 3. The Hall–Kier alpha value is -2.41. The van der Waals surface area contributed by atoms with E-state index in [0.29, 0.717) is 11.4 Å². The number of rotatable bonds is 4. The number of carbonyl (C=O) groups is 3. The van der Waals surface area contributed by atoms with Crippen LogP contribution in [-0.4, -0.2) is 42.8 Å². The lowest BCUT2D eigenvalue weighted by molar-refractivity contribution is -0.149. The topological polar surface area (TPSA) is 102 Å². The maximum absolute atomic E-state index is 11.9. The van der Waals surface area contributed by atoms with E-state index < -0.39 is 17.7 Å². The smallest absolute Gasteiger partial charge is 0.318 e. The lowest BCUT2D eigenvalue weighted by Crippen LogP contribution is -2.44. The standard InChI is InChI=1S/C13H17N3O4/c1-9(17)16(8-7-14)13(19)12(18)15-10-5-3-4-6-11(10)20-2/h3-6H,7-8,14H2,1-2H3,(H,15,18). The molecular formula is C13H17N3O4. The highest BCUT2D eigenvalue weighted by Crippen LogP contribution is 2.22. The van der Waals surface area contributed by atoms with E-state index in [2.05, 4.69) is 5.32 Å². The summed E-state index contributed by atoms with van der Waals surface area (Å²) in [5.41, 5.74) is 5.66. The fraction of sp³-hybridized carbons (Fsp3) is 0.308. The molecule has 0 atom stereocenters. The van der Waals surface area contributed by atoms with Crippen molar-refractivity contribution < 1.29 is 19.1 Å². The zero-order valence-electron chi connectivity index (χ0n) is 11.4. The average molecular weight is 279 g/mol. The van der Waals surface area contributed by atoms with Gasteiger partial charge in [0, 0.05) is 20.0 Å². The van der Waals surface area contributed by atoms with Crippen LogP contribution in [0.2, 0.25) is 0 Å². The van der Waals surface area contributed by atoms with Crippen LogP contribution >= 0.6 is 0 Å². The second-order valence-electron chi connectivity index (χ2n) is 3.92. The number of amides is 3. The van der Waals surface area contributed by atoms with Crippen LogP contribution in [0.15, 0.2) is 24.3 Å². The Morgan fingerprint density at radius 1 is 1.30 bits per heavy atom. The van der Waals surface area contributed by atoms with Crippen LogP contribution < -0.4 is 15.8 Å². The molecular weight excluding hydrogens is 262 g/mol. The van der Waals surface area contributed by atoms with E-state index in [1.807, 2.05) is 0 Å². The molecule has 0 aromatic heterocycles. The van der Waals surface area contributed by atoms with Crippen molar-refractivity contribution in [3.05, 3.63) is 24.3 Å². The van der Waals surface area contributed by atoms with Gasteiger partial charge in [0.2, 0.25) is 5.91 Å². The van der Waals surface area contributed by atoms with Crippen LogP contribution in [0.3, 0.4) is 0 Å². The number of hydrogen-bond donors (Lipinski definition) is 2. The van der Waals surface area contributed by atoms with E-state index in [1.165, 1.54) is 14.0 Å². The van der Waals surface area contributed by atoms with Gasteiger partial charge in [-0.15, -0.1) is 0 Å². The number of benzene rings is 1. The number of ether oxygens (including phenoxy) is 1. The molecule has 0 saturated carbocycles. The molecule has 3 N–H and O–H groups in total. The number of nitrogens with one attached hydrogen (secondary N) is 1. The van der Waals surface area contributed by atoms with Gasteiger partial charge in [-0.05, 0) is 12.1 Å². The SMILES string of the molecule is COc1ccccc1NC(=O)C(=O)N(CCN)C(C)=O. The molecule has 108 valence electrons. The molecule has 0 unspecified atom stereocenters. The van der Waals surface area contributed by atoms with Crippen molar-refractivity contribution in [2.24, 2.45) is 5.73 Å². The molecule has 0 heterocycles. The Labute approximate surface area is 116 Å². The maximum atomic E-state index is 11.9. The van der Waals surface area contributed by atoms with Crippen LogP contribution in [0.5, 0.6) is 5.75 Å². The van der Waals surface area contributed by atoms with Gasteiger partial charge < -0.3 is 15.8 Å². The third-order valence-electron chi connectivity index (χ3n) is 2.53. The highest BCUT2D eigenvalue weighted by molar-refractivity contribution is 6.41. The molecule has 0 aliphatic rings. The van der Waals surface area contributed by atoms with Crippen LogP contribution in [0.4, 0.5) is 5.69 Å². The average Bonchev–Trinajstić information content (AvgIpc) is 2.44. The molecule has 0 aliphatic heterocycles. The summed E-state index contributed by atoms with van der Waals surface area (Å²) in [5.74, 6) is -1.98. The lowest BCUT2D eigenvalue weighted by atomic mass is 10.3. The molecule has 1 aromatic carbocycles. The van der Waals surface area contributed by atoms with Gasteiger partial charge in [-0.2, -0.15) is 0 Å². The first-order valence-electron chi connectivity index (χ1n) is 5.97. The molecule has 0 radical (unpaired) electrons. The summed E-state index contributed by atoms with van der Waals surface area (Å²) in [5, 5.41) is 2.41. The van der Waals surface area contributed by atoms with E-state index in [-0.39, 0.29) is 13.1 Å². The Kier molecular flexibility index (Phi) is 5.67. The van der Waals surface area contributed by atoms with E-state index >= 15 is 0 Å². The Balaban J connectivity index is 2.84. The first kappa shape index (κ1) is 15.6. The molecule has 0 aliphatic carbocycles. The molecule has 0 spiro atoms. The molecule has 20 heavy (non-hydrogen) atoms. The monoisotopic (exact) mass is 279 g/mol. The van der Waals surface area contributed by atoms with Crippen molar-refractivity contribution in [1.29, 1.82) is 0 Å². The van der Waals surface area contributed by atoms with E-state index in [4.69, 9.17) is 10.5 Å². The summed E-state index contributed by atoms with van der Waals surface area (Å²) in [6.07, 6.45) is 0. The third kappa shape index (κ3) is 3.79. The number of nitrogens with two attached hydrogens (primary N) is 1. The van der Waals surface area contributed by atoms with Gasteiger partial charge >= 0.3 is 11.8 Å². The molecule has 7 nitrogen and oxygen atoms in total. The minimum absolute atomic E-state index is 0.00644. The highest BCUT2D eigenvalue weighted by Gasteiger charge is 2.25. The Bertz CT molecular complexity index is 516. The maximum Gasteiger partial charge on any atom is 0.318 e. The van der Waals surface area contributed by atoms with Crippen LogP contribution in [0, 0.1) is 0 Å². The number of nitrogens with zero attached hydrogens (tertiary/aromatic N) is 1. The molecule has 0 bridgehead atoms. The molecule has 7 heteroatoms. The van der Waals surface area contributed by atoms with Gasteiger partial charge in [-0.25, -0.2) is 0 Å². The summed E-state index contributed by atoms with van der Waals surface area (Å²) in [6.45, 7) is 1.28. The van der Waals surface area contributed by atoms with Crippen LogP contribution in [-0.2, 0) is 14.4 Å². The van der Waals surface area contributed by atoms with Crippen molar-refractivity contribution in [2.75, 3.05) is 25.5 Å². The van der Waals surface area contributed by atoms with Gasteiger partial charge in [0.25, 0.3) is 0 Å². The first-order valence-corrected chi connectivity index (χ1v) is 5.97. The zero-order chi connectivity index (χ0) is 15.1. The lowest BCUT2D eigenvalue weighted by Gasteiger charge is -2.17. The largest absolute Gasteiger partial charge is 0.495 e. The first-order chi connectivity index (χ1) is 9.51. The second-order valence-corrected chi connectivity index (χ2v) is 3.92. The second kappa shape index (κ2) is 7.25. The van der Waals surface area contributed by atoms with Gasteiger partial charge in [0.15, 0.2) is 0 Å². The van der Waals surface area contributed by atoms with Crippen LogP contribution in [0.1, 0.15) is 6.92 Å². The highest BCUT2D eigenvalue weighted by atomic mass is 16.5. The van der Waals surface area contributed by atoms with E-state index in [0.717, 1.165) is 4.90 Å². The van der Waals surface area contributed by atoms with E-state index in [1.54, 1.807) is 24.3 Å². The van der Waals surface area contributed by atoms with E-state index in [9.17, 15) is 14.4 Å². The number of anilines is 1. The fourth-order valence-corrected chi connectivity index (χ4v) is 1.58. The number of methoxy groups -OCH3 is 1. The third-order valence-corrected chi connectivity index (χ3v) is 2.53. The predicted octanol–water partition coefficient (Wildman–Crippen LogP) is -0.0325. The normalized spacial score (nSPS) is 9.75. The number of hydrogen-bond acceptors (Lipinski definition) is 5. The van der Waals surface area contributed by atoms with Crippen molar-refractivity contribution in [3.8, 4) is 5.75 Å². The van der Waals surface area contributed by atoms with Gasteiger partial charge in [-0.1, -0.05) is 12.1 Å². The minimum Gasteiger partial charge on any atom is -0.495 e. The van der Waals surface area contributed by atoms with Crippen molar-refractivity contribution >= 4 is 23.4 Å². The van der Waals surface area contributed by atoms with Crippen LogP contribution in [0.25, 0.3) is 0 Å². The molecule has 0 fully saturated rings.